The van der Waals surface area contributed by atoms with E-state index in [1.54, 1.807) is 41.5 Å². The summed E-state index contributed by atoms with van der Waals surface area (Å²) in [5.41, 5.74) is -2.33. The van der Waals surface area contributed by atoms with Gasteiger partial charge in [-0.3, -0.25) is 4.79 Å². The molecule has 1 saturated heterocycles. The standard InChI is InChI=1S/C12H20O4/c1-10(2,3)8(13)16-12(6)7-11(4,5)15-9(12)14/h7H2,1-6H3. The Hall–Kier alpha value is -1.06. The summed E-state index contributed by atoms with van der Waals surface area (Å²) >= 11 is 0. The van der Waals surface area contributed by atoms with E-state index in [-0.39, 0.29) is 5.97 Å². The second kappa shape index (κ2) is 3.47. The normalized spacial score (nSPS) is 28.8. The van der Waals surface area contributed by atoms with E-state index >= 15 is 0 Å². The predicted octanol–water partition coefficient (Wildman–Crippen LogP) is 2.06. The molecule has 1 rings (SSSR count). The lowest BCUT2D eigenvalue weighted by atomic mass is 9.93. The maximum atomic E-state index is 11.8. The Morgan fingerprint density at radius 1 is 1.31 bits per heavy atom. The average molecular weight is 228 g/mol. The lowest BCUT2D eigenvalue weighted by molar-refractivity contribution is -0.177. The largest absolute Gasteiger partial charge is 0.457 e. The molecule has 1 aliphatic rings. The minimum atomic E-state index is -1.14. The zero-order valence-corrected chi connectivity index (χ0v) is 10.8. The Balaban J connectivity index is 2.82. The van der Waals surface area contributed by atoms with Crippen LogP contribution in [0.2, 0.25) is 0 Å². The Morgan fingerprint density at radius 2 is 1.81 bits per heavy atom. The minimum absolute atomic E-state index is 0.385. The number of hydrogen-bond donors (Lipinski definition) is 0. The van der Waals surface area contributed by atoms with Crippen molar-refractivity contribution < 1.29 is 19.1 Å². The first-order valence-electron chi connectivity index (χ1n) is 5.43. The van der Waals surface area contributed by atoms with Gasteiger partial charge in [-0.05, 0) is 41.5 Å². The number of cyclic esters (lactones) is 1. The molecule has 1 heterocycles. The smallest absolute Gasteiger partial charge is 0.351 e. The fourth-order valence-electron chi connectivity index (χ4n) is 1.71. The molecule has 1 unspecified atom stereocenters. The van der Waals surface area contributed by atoms with Crippen LogP contribution in [-0.2, 0) is 19.1 Å². The minimum Gasteiger partial charge on any atom is -0.457 e. The molecular formula is C12H20O4. The number of ether oxygens (including phenoxy) is 2. The van der Waals surface area contributed by atoms with Crippen molar-refractivity contribution in [1.29, 1.82) is 0 Å². The van der Waals surface area contributed by atoms with E-state index in [0.717, 1.165) is 0 Å². The molecule has 0 aromatic rings. The van der Waals surface area contributed by atoms with Crippen molar-refractivity contribution in [1.82, 2.24) is 0 Å². The summed E-state index contributed by atoms with van der Waals surface area (Å²) in [5.74, 6) is -0.847. The van der Waals surface area contributed by atoms with Crippen molar-refractivity contribution in [2.75, 3.05) is 0 Å². The van der Waals surface area contributed by atoms with Crippen molar-refractivity contribution in [2.45, 2.75) is 59.2 Å². The summed E-state index contributed by atoms with van der Waals surface area (Å²) < 4.78 is 10.5. The number of carbonyl (C=O) groups is 2. The van der Waals surface area contributed by atoms with Crippen LogP contribution in [0.1, 0.15) is 48.0 Å². The van der Waals surface area contributed by atoms with Crippen LogP contribution in [0.15, 0.2) is 0 Å². The van der Waals surface area contributed by atoms with E-state index in [4.69, 9.17) is 9.47 Å². The lowest BCUT2D eigenvalue weighted by Crippen LogP contribution is -2.40. The topological polar surface area (TPSA) is 52.6 Å². The number of hydrogen-bond acceptors (Lipinski definition) is 4. The van der Waals surface area contributed by atoms with Crippen LogP contribution in [0.4, 0.5) is 0 Å². The highest BCUT2D eigenvalue weighted by Crippen LogP contribution is 2.37. The molecule has 4 heteroatoms. The third-order valence-corrected chi connectivity index (χ3v) is 2.49. The van der Waals surface area contributed by atoms with Crippen molar-refractivity contribution in [3.8, 4) is 0 Å². The summed E-state index contributed by atoms with van der Waals surface area (Å²) in [5, 5.41) is 0. The second-order valence-corrected chi connectivity index (χ2v) is 6.20. The molecule has 0 radical (unpaired) electrons. The van der Waals surface area contributed by atoms with E-state index in [0.29, 0.717) is 6.42 Å². The van der Waals surface area contributed by atoms with Gasteiger partial charge >= 0.3 is 11.9 Å². The molecule has 0 aliphatic carbocycles. The molecule has 4 nitrogen and oxygen atoms in total. The summed E-state index contributed by atoms with van der Waals surface area (Å²) in [7, 11) is 0. The van der Waals surface area contributed by atoms with Crippen LogP contribution in [0.25, 0.3) is 0 Å². The van der Waals surface area contributed by atoms with Crippen LogP contribution >= 0.6 is 0 Å². The molecule has 0 spiro atoms. The van der Waals surface area contributed by atoms with Gasteiger partial charge in [-0.15, -0.1) is 0 Å². The van der Waals surface area contributed by atoms with E-state index in [1.807, 2.05) is 0 Å². The number of esters is 2. The second-order valence-electron chi connectivity index (χ2n) is 6.20. The van der Waals surface area contributed by atoms with Crippen LogP contribution in [0.3, 0.4) is 0 Å². The van der Waals surface area contributed by atoms with Gasteiger partial charge in [-0.1, -0.05) is 0 Å². The third kappa shape index (κ3) is 2.54. The van der Waals surface area contributed by atoms with Crippen LogP contribution in [0, 0.1) is 5.41 Å². The van der Waals surface area contributed by atoms with Gasteiger partial charge in [0, 0.05) is 6.42 Å². The van der Waals surface area contributed by atoms with Crippen LogP contribution < -0.4 is 0 Å². The molecule has 0 saturated carbocycles. The van der Waals surface area contributed by atoms with Crippen molar-refractivity contribution >= 4 is 11.9 Å². The van der Waals surface area contributed by atoms with Crippen molar-refractivity contribution in [2.24, 2.45) is 5.41 Å². The molecular weight excluding hydrogens is 208 g/mol. The molecule has 1 aliphatic heterocycles. The molecule has 0 aromatic heterocycles. The van der Waals surface area contributed by atoms with Crippen LogP contribution in [-0.4, -0.2) is 23.1 Å². The van der Waals surface area contributed by atoms with Gasteiger partial charge in [-0.2, -0.15) is 0 Å². The fourth-order valence-corrected chi connectivity index (χ4v) is 1.71. The van der Waals surface area contributed by atoms with Gasteiger partial charge < -0.3 is 9.47 Å². The highest BCUT2D eigenvalue weighted by atomic mass is 16.6. The number of rotatable bonds is 1. The van der Waals surface area contributed by atoms with E-state index < -0.39 is 22.6 Å². The Kier molecular flexibility index (Phi) is 2.82. The molecule has 1 fully saturated rings. The first kappa shape index (κ1) is 13.0. The highest BCUT2D eigenvalue weighted by Gasteiger charge is 2.53. The summed E-state index contributed by atoms with van der Waals surface area (Å²) in [6.45, 7) is 10.5. The van der Waals surface area contributed by atoms with Crippen LogP contribution in [0.5, 0.6) is 0 Å². The SMILES string of the molecule is CC1(C)CC(C)(OC(=O)C(C)(C)C)C(=O)O1. The lowest BCUT2D eigenvalue weighted by Gasteiger charge is -2.26. The third-order valence-electron chi connectivity index (χ3n) is 2.49. The Morgan fingerprint density at radius 3 is 2.12 bits per heavy atom. The van der Waals surface area contributed by atoms with E-state index in [1.165, 1.54) is 0 Å². The summed E-state index contributed by atoms with van der Waals surface area (Å²) in [4.78, 5) is 23.4. The van der Waals surface area contributed by atoms with Gasteiger partial charge in [0.05, 0.1) is 5.41 Å². The predicted molar refractivity (Wildman–Crippen MR) is 58.7 cm³/mol. The van der Waals surface area contributed by atoms with Gasteiger partial charge in [0.1, 0.15) is 5.60 Å². The van der Waals surface area contributed by atoms with Gasteiger partial charge in [0.2, 0.25) is 5.60 Å². The monoisotopic (exact) mass is 228 g/mol. The fraction of sp³-hybridized carbons (Fsp3) is 0.833. The van der Waals surface area contributed by atoms with Gasteiger partial charge in [-0.25, -0.2) is 4.79 Å². The molecule has 92 valence electrons. The molecule has 1 atom stereocenters. The van der Waals surface area contributed by atoms with E-state index in [9.17, 15) is 9.59 Å². The van der Waals surface area contributed by atoms with Gasteiger partial charge in [0.25, 0.3) is 0 Å². The maximum absolute atomic E-state index is 11.8. The zero-order chi connectivity index (χ0) is 12.8. The average Bonchev–Trinajstić information content (AvgIpc) is 2.17. The summed E-state index contributed by atoms with van der Waals surface area (Å²) in [6.07, 6.45) is 0.390. The molecule has 0 N–H and O–H groups in total. The van der Waals surface area contributed by atoms with Crippen molar-refractivity contribution in [3.63, 3.8) is 0 Å². The first-order chi connectivity index (χ1) is 6.96. The zero-order valence-electron chi connectivity index (χ0n) is 10.8. The van der Waals surface area contributed by atoms with Crippen molar-refractivity contribution in [3.05, 3.63) is 0 Å². The summed E-state index contributed by atoms with van der Waals surface area (Å²) in [6, 6.07) is 0. The molecule has 16 heavy (non-hydrogen) atoms. The quantitative estimate of drug-likeness (QED) is 0.645. The maximum Gasteiger partial charge on any atom is 0.351 e. The molecule has 0 amide bonds. The number of carbonyl (C=O) groups excluding carboxylic acids is 2. The Bertz CT molecular complexity index is 324. The first-order valence-corrected chi connectivity index (χ1v) is 5.43. The molecule has 0 aromatic carbocycles. The van der Waals surface area contributed by atoms with E-state index in [2.05, 4.69) is 0 Å². The van der Waals surface area contributed by atoms with Gasteiger partial charge in [0.15, 0.2) is 0 Å². The molecule has 0 bridgehead atoms. The Labute approximate surface area is 96.3 Å². The highest BCUT2D eigenvalue weighted by molar-refractivity contribution is 5.86.